The number of amides is 1. The van der Waals surface area contributed by atoms with E-state index in [1.54, 1.807) is 7.05 Å². The van der Waals surface area contributed by atoms with Crippen LogP contribution in [0.1, 0.15) is 46.5 Å². The van der Waals surface area contributed by atoms with Crippen LogP contribution in [0.2, 0.25) is 0 Å². The largest absolute Gasteiger partial charge is 0.355 e. The molecule has 1 aliphatic carbocycles. The number of rotatable bonds is 4. The SMILES string of the molecule is CNCC(=O)NCC1CCC(C(C)(C)C)CC1. The zero-order valence-electron chi connectivity index (χ0n) is 11.8. The molecule has 100 valence electrons. The first-order valence-electron chi connectivity index (χ1n) is 6.84. The topological polar surface area (TPSA) is 41.1 Å². The van der Waals surface area contributed by atoms with Crippen molar-refractivity contribution < 1.29 is 4.79 Å². The summed E-state index contributed by atoms with van der Waals surface area (Å²) in [6, 6.07) is 0. The second-order valence-corrected chi connectivity index (χ2v) is 6.42. The summed E-state index contributed by atoms with van der Waals surface area (Å²) < 4.78 is 0. The molecule has 0 bridgehead atoms. The van der Waals surface area contributed by atoms with E-state index in [1.807, 2.05) is 0 Å². The van der Waals surface area contributed by atoms with Gasteiger partial charge in [0.1, 0.15) is 0 Å². The summed E-state index contributed by atoms with van der Waals surface area (Å²) in [5, 5.41) is 5.88. The summed E-state index contributed by atoms with van der Waals surface area (Å²) in [5.74, 6) is 1.66. The molecule has 0 aromatic carbocycles. The first kappa shape index (κ1) is 14.5. The number of nitrogens with one attached hydrogen (secondary N) is 2. The average molecular weight is 240 g/mol. The zero-order chi connectivity index (χ0) is 12.9. The van der Waals surface area contributed by atoms with Crippen LogP contribution >= 0.6 is 0 Å². The lowest BCUT2D eigenvalue weighted by Crippen LogP contribution is -2.37. The fourth-order valence-corrected chi connectivity index (χ4v) is 2.71. The minimum atomic E-state index is 0.116. The normalized spacial score (nSPS) is 25.6. The fraction of sp³-hybridized carbons (Fsp3) is 0.929. The summed E-state index contributed by atoms with van der Waals surface area (Å²) in [4.78, 5) is 11.3. The molecule has 0 aliphatic heterocycles. The molecule has 0 aromatic rings. The van der Waals surface area contributed by atoms with Crippen LogP contribution in [0, 0.1) is 17.3 Å². The predicted octanol–water partition coefficient (Wildman–Crippen LogP) is 2.17. The van der Waals surface area contributed by atoms with Crippen LogP contribution in [-0.4, -0.2) is 26.0 Å². The van der Waals surface area contributed by atoms with Crippen molar-refractivity contribution in [2.75, 3.05) is 20.1 Å². The highest BCUT2D eigenvalue weighted by molar-refractivity contribution is 5.77. The van der Waals surface area contributed by atoms with Gasteiger partial charge in [0.2, 0.25) is 5.91 Å². The number of hydrogen-bond donors (Lipinski definition) is 2. The van der Waals surface area contributed by atoms with E-state index >= 15 is 0 Å². The lowest BCUT2D eigenvalue weighted by molar-refractivity contribution is -0.120. The van der Waals surface area contributed by atoms with Gasteiger partial charge in [-0.3, -0.25) is 4.79 Å². The third kappa shape index (κ3) is 5.07. The van der Waals surface area contributed by atoms with E-state index in [0.29, 0.717) is 17.9 Å². The van der Waals surface area contributed by atoms with Gasteiger partial charge in [0.25, 0.3) is 0 Å². The van der Waals surface area contributed by atoms with Crippen LogP contribution in [0.3, 0.4) is 0 Å². The average Bonchev–Trinajstić information content (AvgIpc) is 2.26. The van der Waals surface area contributed by atoms with Gasteiger partial charge < -0.3 is 10.6 Å². The molecule has 1 rings (SSSR count). The molecule has 1 saturated carbocycles. The third-order valence-electron chi connectivity index (χ3n) is 4.00. The van der Waals surface area contributed by atoms with E-state index in [0.717, 1.165) is 12.5 Å². The van der Waals surface area contributed by atoms with Gasteiger partial charge in [0.15, 0.2) is 0 Å². The molecule has 0 radical (unpaired) electrons. The zero-order valence-corrected chi connectivity index (χ0v) is 11.8. The first-order chi connectivity index (χ1) is 7.93. The standard InChI is InChI=1S/C14H28N2O/c1-14(2,3)12-7-5-11(6-8-12)9-16-13(17)10-15-4/h11-12,15H,5-10H2,1-4H3,(H,16,17). The highest BCUT2D eigenvalue weighted by atomic mass is 16.1. The molecule has 3 nitrogen and oxygen atoms in total. The fourth-order valence-electron chi connectivity index (χ4n) is 2.71. The first-order valence-corrected chi connectivity index (χ1v) is 6.84. The number of hydrogen-bond acceptors (Lipinski definition) is 2. The van der Waals surface area contributed by atoms with Crippen molar-refractivity contribution in [1.82, 2.24) is 10.6 Å². The summed E-state index contributed by atoms with van der Waals surface area (Å²) >= 11 is 0. The molecule has 1 amide bonds. The van der Waals surface area contributed by atoms with Gasteiger partial charge in [-0.15, -0.1) is 0 Å². The molecule has 1 fully saturated rings. The molecule has 3 heteroatoms. The Hall–Kier alpha value is -0.570. The van der Waals surface area contributed by atoms with Gasteiger partial charge in [-0.05, 0) is 50.0 Å². The second-order valence-electron chi connectivity index (χ2n) is 6.42. The molecule has 1 aliphatic rings. The Morgan fingerprint density at radius 1 is 1.18 bits per heavy atom. The van der Waals surface area contributed by atoms with Crippen LogP contribution in [0.25, 0.3) is 0 Å². The summed E-state index contributed by atoms with van der Waals surface area (Å²) in [7, 11) is 1.80. The monoisotopic (exact) mass is 240 g/mol. The van der Waals surface area contributed by atoms with Gasteiger partial charge in [-0.1, -0.05) is 20.8 Å². The molecule has 0 atom stereocenters. The molecule has 0 spiro atoms. The number of carbonyl (C=O) groups excluding carboxylic acids is 1. The van der Waals surface area contributed by atoms with Crippen molar-refractivity contribution >= 4 is 5.91 Å². The van der Waals surface area contributed by atoms with Crippen molar-refractivity contribution in [1.29, 1.82) is 0 Å². The highest BCUT2D eigenvalue weighted by Gasteiger charge is 2.29. The Morgan fingerprint density at radius 2 is 1.76 bits per heavy atom. The number of likely N-dealkylation sites (N-methyl/N-ethyl adjacent to an activating group) is 1. The molecule has 0 saturated heterocycles. The molecule has 0 aromatic heterocycles. The Kier molecular flexibility index (Phi) is 5.44. The Bertz CT molecular complexity index is 237. The van der Waals surface area contributed by atoms with E-state index in [9.17, 15) is 4.79 Å². The molecule has 17 heavy (non-hydrogen) atoms. The van der Waals surface area contributed by atoms with Gasteiger partial charge in [-0.25, -0.2) is 0 Å². The highest BCUT2D eigenvalue weighted by Crippen LogP contribution is 2.39. The third-order valence-corrected chi connectivity index (χ3v) is 4.00. The smallest absolute Gasteiger partial charge is 0.233 e. The maximum Gasteiger partial charge on any atom is 0.233 e. The lowest BCUT2D eigenvalue weighted by Gasteiger charge is -2.37. The summed E-state index contributed by atoms with van der Waals surface area (Å²) in [6.45, 7) is 8.31. The van der Waals surface area contributed by atoms with Crippen LogP contribution < -0.4 is 10.6 Å². The Balaban J connectivity index is 2.21. The quantitative estimate of drug-likeness (QED) is 0.791. The van der Waals surface area contributed by atoms with E-state index < -0.39 is 0 Å². The lowest BCUT2D eigenvalue weighted by atomic mass is 9.70. The van der Waals surface area contributed by atoms with Crippen molar-refractivity contribution in [3.05, 3.63) is 0 Å². The van der Waals surface area contributed by atoms with E-state index in [1.165, 1.54) is 25.7 Å². The second kappa shape index (κ2) is 6.39. The van der Waals surface area contributed by atoms with Gasteiger partial charge in [0, 0.05) is 6.54 Å². The minimum Gasteiger partial charge on any atom is -0.355 e. The number of carbonyl (C=O) groups is 1. The predicted molar refractivity (Wildman–Crippen MR) is 71.8 cm³/mol. The maximum absolute atomic E-state index is 11.3. The molecule has 0 unspecified atom stereocenters. The van der Waals surface area contributed by atoms with Crippen molar-refractivity contribution in [3.8, 4) is 0 Å². The van der Waals surface area contributed by atoms with Gasteiger partial charge >= 0.3 is 0 Å². The van der Waals surface area contributed by atoms with E-state index in [4.69, 9.17) is 0 Å². The maximum atomic E-state index is 11.3. The van der Waals surface area contributed by atoms with E-state index in [2.05, 4.69) is 31.4 Å². The van der Waals surface area contributed by atoms with Gasteiger partial charge in [-0.2, -0.15) is 0 Å². The minimum absolute atomic E-state index is 0.116. The van der Waals surface area contributed by atoms with Crippen LogP contribution in [0.4, 0.5) is 0 Å². The van der Waals surface area contributed by atoms with Crippen molar-refractivity contribution in [3.63, 3.8) is 0 Å². The van der Waals surface area contributed by atoms with E-state index in [-0.39, 0.29) is 5.91 Å². The molecular formula is C14H28N2O. The van der Waals surface area contributed by atoms with Crippen LogP contribution in [0.5, 0.6) is 0 Å². The Morgan fingerprint density at radius 3 is 2.24 bits per heavy atom. The van der Waals surface area contributed by atoms with Crippen molar-refractivity contribution in [2.45, 2.75) is 46.5 Å². The summed E-state index contributed by atoms with van der Waals surface area (Å²) in [5.41, 5.74) is 0.445. The van der Waals surface area contributed by atoms with Crippen LogP contribution in [0.15, 0.2) is 0 Å². The van der Waals surface area contributed by atoms with Gasteiger partial charge in [0.05, 0.1) is 6.54 Å². The van der Waals surface area contributed by atoms with Crippen molar-refractivity contribution in [2.24, 2.45) is 17.3 Å². The molecule has 0 heterocycles. The molecule has 2 N–H and O–H groups in total. The Labute approximate surface area is 106 Å². The summed E-state index contributed by atoms with van der Waals surface area (Å²) in [6.07, 6.45) is 5.16. The van der Waals surface area contributed by atoms with Crippen LogP contribution in [-0.2, 0) is 4.79 Å². The molecular weight excluding hydrogens is 212 g/mol.